The molecule has 0 saturated carbocycles. The molecular formula is C14H10ClN3O2. The number of aromatic nitrogens is 3. The van der Waals surface area contributed by atoms with Gasteiger partial charge in [0.05, 0.1) is 16.1 Å². The third kappa shape index (κ3) is 1.78. The number of nitrogens with one attached hydrogen (secondary N) is 1. The Kier molecular flexibility index (Phi) is 2.53. The maximum absolute atomic E-state index is 6.14. The van der Waals surface area contributed by atoms with Crippen molar-refractivity contribution in [2.45, 2.75) is 0 Å². The van der Waals surface area contributed by atoms with Gasteiger partial charge in [-0.25, -0.2) is 4.98 Å². The maximum Gasteiger partial charge on any atom is 0.163 e. The Labute approximate surface area is 119 Å². The lowest BCUT2D eigenvalue weighted by molar-refractivity contribution is 0.172. The van der Waals surface area contributed by atoms with Gasteiger partial charge in [0.1, 0.15) is 19.0 Å². The summed E-state index contributed by atoms with van der Waals surface area (Å²) in [7, 11) is 0. The van der Waals surface area contributed by atoms with Crippen LogP contribution in [0.15, 0.2) is 30.6 Å². The van der Waals surface area contributed by atoms with Gasteiger partial charge in [-0.05, 0) is 6.07 Å². The summed E-state index contributed by atoms with van der Waals surface area (Å²) in [5.74, 6) is 2.16. The normalized spacial score (nSPS) is 13.7. The molecule has 1 aromatic carbocycles. The average molecular weight is 288 g/mol. The van der Waals surface area contributed by atoms with Crippen LogP contribution < -0.4 is 9.47 Å². The second-order valence-electron chi connectivity index (χ2n) is 4.45. The highest BCUT2D eigenvalue weighted by Gasteiger charge is 2.16. The molecule has 100 valence electrons. The van der Waals surface area contributed by atoms with E-state index in [1.165, 1.54) is 0 Å². The van der Waals surface area contributed by atoms with E-state index >= 15 is 0 Å². The minimum absolute atomic E-state index is 0.559. The molecule has 4 rings (SSSR count). The Morgan fingerprint density at radius 2 is 1.95 bits per heavy atom. The van der Waals surface area contributed by atoms with Crippen molar-refractivity contribution in [3.63, 3.8) is 0 Å². The Morgan fingerprint density at radius 3 is 2.75 bits per heavy atom. The third-order valence-corrected chi connectivity index (χ3v) is 3.47. The van der Waals surface area contributed by atoms with Crippen molar-refractivity contribution in [2.24, 2.45) is 0 Å². The number of nitrogens with zero attached hydrogens (tertiary/aromatic N) is 2. The Hall–Kier alpha value is -2.27. The van der Waals surface area contributed by atoms with Gasteiger partial charge in [-0.3, -0.25) is 4.98 Å². The largest absolute Gasteiger partial charge is 0.486 e. The predicted octanol–water partition coefficient (Wildman–Crippen LogP) is 3.05. The van der Waals surface area contributed by atoms with Crippen LogP contribution in [-0.4, -0.2) is 28.2 Å². The van der Waals surface area contributed by atoms with Crippen LogP contribution in [0.5, 0.6) is 11.5 Å². The molecule has 0 amide bonds. The van der Waals surface area contributed by atoms with Crippen molar-refractivity contribution >= 4 is 22.6 Å². The summed E-state index contributed by atoms with van der Waals surface area (Å²) in [6, 6.07) is 5.60. The molecule has 0 spiro atoms. The zero-order chi connectivity index (χ0) is 13.5. The molecule has 20 heavy (non-hydrogen) atoms. The van der Waals surface area contributed by atoms with Gasteiger partial charge in [0, 0.05) is 30.1 Å². The summed E-state index contributed by atoms with van der Waals surface area (Å²) < 4.78 is 11.1. The summed E-state index contributed by atoms with van der Waals surface area (Å²) in [5.41, 5.74) is 2.52. The van der Waals surface area contributed by atoms with E-state index in [4.69, 9.17) is 21.1 Å². The number of H-pyrrole nitrogens is 1. The molecule has 1 N–H and O–H groups in total. The number of hydrogen-bond donors (Lipinski definition) is 1. The summed E-state index contributed by atoms with van der Waals surface area (Å²) >= 11 is 6.14. The van der Waals surface area contributed by atoms with Gasteiger partial charge in [-0.1, -0.05) is 11.6 Å². The van der Waals surface area contributed by atoms with Crippen LogP contribution in [0.4, 0.5) is 0 Å². The zero-order valence-corrected chi connectivity index (χ0v) is 11.1. The van der Waals surface area contributed by atoms with Crippen molar-refractivity contribution < 1.29 is 9.47 Å². The van der Waals surface area contributed by atoms with Crippen molar-refractivity contribution in [2.75, 3.05) is 13.2 Å². The molecule has 0 saturated heterocycles. The van der Waals surface area contributed by atoms with Gasteiger partial charge in [-0.15, -0.1) is 0 Å². The summed E-state index contributed by atoms with van der Waals surface area (Å²) in [5, 5.41) is 0.559. The molecule has 0 fully saturated rings. The number of rotatable bonds is 1. The van der Waals surface area contributed by atoms with Crippen molar-refractivity contribution in [1.82, 2.24) is 15.0 Å². The summed E-state index contributed by atoms with van der Waals surface area (Å²) in [6.07, 6.45) is 3.28. The summed E-state index contributed by atoms with van der Waals surface area (Å²) in [6.45, 7) is 1.13. The number of fused-ring (bicyclic) bond motifs is 2. The molecule has 0 atom stereocenters. The third-order valence-electron chi connectivity index (χ3n) is 3.17. The Bertz CT molecular complexity index is 757. The number of ether oxygens (including phenoxy) is 2. The van der Waals surface area contributed by atoms with Crippen molar-refractivity contribution in [3.05, 3.63) is 35.6 Å². The van der Waals surface area contributed by atoms with Crippen LogP contribution in [0.1, 0.15) is 0 Å². The average Bonchev–Trinajstić information content (AvgIpc) is 2.87. The van der Waals surface area contributed by atoms with Crippen LogP contribution in [0.25, 0.3) is 22.4 Å². The number of benzene rings is 1. The quantitative estimate of drug-likeness (QED) is 0.747. The van der Waals surface area contributed by atoms with Crippen LogP contribution in [0.2, 0.25) is 5.02 Å². The Balaban J connectivity index is 1.89. The minimum Gasteiger partial charge on any atom is -0.486 e. The van der Waals surface area contributed by atoms with E-state index < -0.39 is 0 Å². The van der Waals surface area contributed by atoms with E-state index in [-0.39, 0.29) is 0 Å². The standard InChI is InChI=1S/C14H10ClN3O2/c15-9-7-16-2-1-8(9)14-17-10-5-12-13(6-11(10)18-14)20-4-3-19-12/h1-2,5-7H,3-4H2,(H,17,18). The second kappa shape index (κ2) is 4.38. The number of pyridine rings is 1. The fourth-order valence-corrected chi connectivity index (χ4v) is 2.45. The molecule has 3 aromatic rings. The minimum atomic E-state index is 0.559. The highest BCUT2D eigenvalue weighted by atomic mass is 35.5. The van der Waals surface area contributed by atoms with Crippen molar-refractivity contribution in [3.8, 4) is 22.9 Å². The van der Waals surface area contributed by atoms with E-state index in [9.17, 15) is 0 Å². The second-order valence-corrected chi connectivity index (χ2v) is 4.86. The van der Waals surface area contributed by atoms with Crippen molar-refractivity contribution in [1.29, 1.82) is 0 Å². The smallest absolute Gasteiger partial charge is 0.163 e. The molecule has 1 aliphatic heterocycles. The Morgan fingerprint density at radius 1 is 1.15 bits per heavy atom. The number of halogens is 1. The first kappa shape index (κ1) is 11.5. The van der Waals surface area contributed by atoms with Crippen LogP contribution in [0.3, 0.4) is 0 Å². The van der Waals surface area contributed by atoms with E-state index in [1.54, 1.807) is 12.4 Å². The number of hydrogen-bond acceptors (Lipinski definition) is 4. The van der Waals surface area contributed by atoms with Gasteiger partial charge < -0.3 is 14.5 Å². The number of imidazole rings is 1. The van der Waals surface area contributed by atoms with E-state index in [0.29, 0.717) is 24.1 Å². The molecule has 0 aliphatic carbocycles. The molecule has 1 aliphatic rings. The monoisotopic (exact) mass is 287 g/mol. The molecule has 3 heterocycles. The lowest BCUT2D eigenvalue weighted by atomic mass is 10.2. The molecule has 5 nitrogen and oxygen atoms in total. The highest BCUT2D eigenvalue weighted by Crippen LogP contribution is 2.35. The van der Waals surface area contributed by atoms with Crippen LogP contribution in [-0.2, 0) is 0 Å². The van der Waals surface area contributed by atoms with Crippen LogP contribution in [0, 0.1) is 0 Å². The van der Waals surface area contributed by atoms with E-state index in [0.717, 1.165) is 28.1 Å². The first-order valence-corrected chi connectivity index (χ1v) is 6.58. The fourth-order valence-electron chi connectivity index (χ4n) is 2.24. The zero-order valence-electron chi connectivity index (χ0n) is 10.4. The van der Waals surface area contributed by atoms with Crippen LogP contribution >= 0.6 is 11.6 Å². The maximum atomic E-state index is 6.14. The first-order chi connectivity index (χ1) is 9.81. The summed E-state index contributed by atoms with van der Waals surface area (Å²) in [4.78, 5) is 11.8. The topological polar surface area (TPSA) is 60.0 Å². The molecule has 2 aromatic heterocycles. The van der Waals surface area contributed by atoms with Gasteiger partial charge >= 0.3 is 0 Å². The SMILES string of the molecule is Clc1cnccc1-c1nc2cc3c(cc2[nH]1)OCCO3. The van der Waals surface area contributed by atoms with E-state index in [2.05, 4.69) is 15.0 Å². The number of aromatic amines is 1. The molecule has 6 heteroatoms. The highest BCUT2D eigenvalue weighted by molar-refractivity contribution is 6.33. The lowest BCUT2D eigenvalue weighted by Crippen LogP contribution is -2.15. The van der Waals surface area contributed by atoms with E-state index in [1.807, 2.05) is 18.2 Å². The first-order valence-electron chi connectivity index (χ1n) is 6.20. The predicted molar refractivity (Wildman–Crippen MR) is 75.3 cm³/mol. The lowest BCUT2D eigenvalue weighted by Gasteiger charge is -2.17. The fraction of sp³-hybridized carbons (Fsp3) is 0.143. The molecular weight excluding hydrogens is 278 g/mol. The molecule has 0 radical (unpaired) electrons. The van der Waals surface area contributed by atoms with Gasteiger partial charge in [0.2, 0.25) is 0 Å². The van der Waals surface area contributed by atoms with Gasteiger partial charge in [0.15, 0.2) is 11.5 Å². The molecule has 0 bridgehead atoms. The van der Waals surface area contributed by atoms with Gasteiger partial charge in [0.25, 0.3) is 0 Å². The van der Waals surface area contributed by atoms with Gasteiger partial charge in [-0.2, -0.15) is 0 Å². The molecule has 0 unspecified atom stereocenters.